The number of carbonyl (C=O) groups is 1. The number of aromatic nitrogens is 1. The van der Waals surface area contributed by atoms with Crippen LogP contribution in [0, 0.1) is 0 Å². The first kappa shape index (κ1) is 17.7. The van der Waals surface area contributed by atoms with Crippen molar-refractivity contribution >= 4 is 17.2 Å². The van der Waals surface area contributed by atoms with Gasteiger partial charge in [0.05, 0.1) is 25.3 Å². The normalized spacial score (nSPS) is 14.3. The van der Waals surface area contributed by atoms with Crippen molar-refractivity contribution in [2.45, 2.75) is 32.5 Å². The second kappa shape index (κ2) is 7.03. The molecule has 0 atom stereocenters. The van der Waals surface area contributed by atoms with Crippen molar-refractivity contribution < 1.29 is 22.7 Å². The lowest BCUT2D eigenvalue weighted by molar-refractivity contribution is -0.137. The van der Waals surface area contributed by atoms with Gasteiger partial charge in [-0.1, -0.05) is 12.1 Å². The van der Waals surface area contributed by atoms with Crippen LogP contribution in [0.4, 0.5) is 13.2 Å². The van der Waals surface area contributed by atoms with E-state index in [0.29, 0.717) is 41.5 Å². The molecule has 0 aliphatic carbocycles. The van der Waals surface area contributed by atoms with E-state index < -0.39 is 11.2 Å². The van der Waals surface area contributed by atoms with Crippen LogP contribution in [0.1, 0.15) is 28.1 Å². The summed E-state index contributed by atoms with van der Waals surface area (Å²) in [6.45, 7) is 3.05. The standard InChI is InChI=1S/C17H17F3N2O2S/c1-2-24-12-5-3-11(4-6-12)9-15(23)22-8-7-13-14(10-22)25-16(21-13)17(18,19)20/h3-6H,2,7-10H2,1H3. The SMILES string of the molecule is CCOc1ccc(CC(=O)N2CCc3nc(C(F)(F)F)sc3C2)cc1. The highest BCUT2D eigenvalue weighted by molar-refractivity contribution is 7.11. The average Bonchev–Trinajstić information content (AvgIpc) is 3.00. The number of halogens is 3. The Morgan fingerprint density at radius 1 is 1.32 bits per heavy atom. The molecule has 8 heteroatoms. The summed E-state index contributed by atoms with van der Waals surface area (Å²) in [5, 5.41) is -0.835. The zero-order valence-electron chi connectivity index (χ0n) is 13.6. The maximum absolute atomic E-state index is 12.8. The molecule has 1 aromatic heterocycles. The van der Waals surface area contributed by atoms with Crippen molar-refractivity contribution in [3.05, 3.63) is 45.4 Å². The number of hydrogen-bond acceptors (Lipinski definition) is 4. The summed E-state index contributed by atoms with van der Waals surface area (Å²) in [4.78, 5) is 18.2. The minimum atomic E-state index is -4.43. The number of thiazole rings is 1. The van der Waals surface area contributed by atoms with Crippen molar-refractivity contribution in [1.29, 1.82) is 0 Å². The summed E-state index contributed by atoms with van der Waals surface area (Å²) in [6, 6.07) is 7.26. The van der Waals surface area contributed by atoms with E-state index in [1.54, 1.807) is 17.0 Å². The Morgan fingerprint density at radius 3 is 2.68 bits per heavy atom. The summed E-state index contributed by atoms with van der Waals surface area (Å²) in [6.07, 6.45) is -3.86. The molecule has 0 radical (unpaired) electrons. The molecule has 0 N–H and O–H groups in total. The number of fused-ring (bicyclic) bond motifs is 1. The van der Waals surface area contributed by atoms with E-state index in [-0.39, 0.29) is 18.9 Å². The molecule has 3 rings (SSSR count). The molecule has 0 fully saturated rings. The Kier molecular flexibility index (Phi) is 4.99. The van der Waals surface area contributed by atoms with Crippen molar-refractivity contribution in [2.75, 3.05) is 13.2 Å². The second-order valence-corrected chi connectivity index (χ2v) is 6.79. The predicted octanol–water partition coefficient (Wildman–Crippen LogP) is 3.69. The molecule has 1 amide bonds. The van der Waals surface area contributed by atoms with Gasteiger partial charge in [0, 0.05) is 17.8 Å². The zero-order valence-corrected chi connectivity index (χ0v) is 14.4. The third-order valence-corrected chi connectivity index (χ3v) is 5.04. The molecular weight excluding hydrogens is 353 g/mol. The van der Waals surface area contributed by atoms with Crippen molar-refractivity contribution in [2.24, 2.45) is 0 Å². The summed E-state index contributed by atoms with van der Waals surface area (Å²) < 4.78 is 43.6. The fraction of sp³-hybridized carbons (Fsp3) is 0.412. The van der Waals surface area contributed by atoms with Gasteiger partial charge >= 0.3 is 6.18 Å². The number of alkyl halides is 3. The lowest BCUT2D eigenvalue weighted by atomic mass is 10.1. The zero-order chi connectivity index (χ0) is 18.0. The molecular formula is C17H17F3N2O2S. The lowest BCUT2D eigenvalue weighted by Crippen LogP contribution is -2.36. The molecule has 1 aromatic carbocycles. The highest BCUT2D eigenvalue weighted by Gasteiger charge is 2.37. The smallest absolute Gasteiger partial charge is 0.443 e. The van der Waals surface area contributed by atoms with Crippen LogP contribution in [0.25, 0.3) is 0 Å². The van der Waals surface area contributed by atoms with E-state index in [4.69, 9.17) is 4.74 Å². The van der Waals surface area contributed by atoms with E-state index in [1.165, 1.54) is 0 Å². The Balaban J connectivity index is 1.65. The fourth-order valence-corrected chi connectivity index (χ4v) is 3.68. The number of rotatable bonds is 4. The first-order valence-corrected chi connectivity index (χ1v) is 8.73. The molecule has 0 bridgehead atoms. The molecule has 1 aliphatic heterocycles. The lowest BCUT2D eigenvalue weighted by Gasteiger charge is -2.26. The van der Waals surface area contributed by atoms with Gasteiger partial charge in [-0.2, -0.15) is 13.2 Å². The van der Waals surface area contributed by atoms with Gasteiger partial charge in [-0.05, 0) is 24.6 Å². The Morgan fingerprint density at radius 2 is 2.04 bits per heavy atom. The molecule has 0 spiro atoms. The molecule has 0 unspecified atom stereocenters. The van der Waals surface area contributed by atoms with E-state index in [2.05, 4.69) is 4.98 Å². The number of hydrogen-bond donors (Lipinski definition) is 0. The van der Waals surface area contributed by atoms with Gasteiger partial charge in [0.1, 0.15) is 5.75 Å². The van der Waals surface area contributed by atoms with Crippen LogP contribution in [-0.2, 0) is 30.4 Å². The third kappa shape index (κ3) is 4.12. The topological polar surface area (TPSA) is 42.4 Å². The fourth-order valence-electron chi connectivity index (χ4n) is 2.69. The molecule has 0 saturated heterocycles. The summed E-state index contributed by atoms with van der Waals surface area (Å²) in [7, 11) is 0. The minimum Gasteiger partial charge on any atom is -0.494 e. The second-order valence-electron chi connectivity index (χ2n) is 5.71. The molecule has 0 saturated carbocycles. The summed E-state index contributed by atoms with van der Waals surface area (Å²) in [5.74, 6) is 0.641. The monoisotopic (exact) mass is 370 g/mol. The van der Waals surface area contributed by atoms with Crippen LogP contribution in [0.2, 0.25) is 0 Å². The summed E-state index contributed by atoms with van der Waals surface area (Å²) in [5.41, 5.74) is 1.31. The molecule has 1 aliphatic rings. The van der Waals surface area contributed by atoms with Crippen LogP contribution in [-0.4, -0.2) is 28.9 Å². The van der Waals surface area contributed by atoms with Crippen molar-refractivity contribution in [3.63, 3.8) is 0 Å². The Bertz CT molecular complexity index is 756. The largest absolute Gasteiger partial charge is 0.494 e. The van der Waals surface area contributed by atoms with E-state index in [1.807, 2.05) is 19.1 Å². The van der Waals surface area contributed by atoms with E-state index in [9.17, 15) is 18.0 Å². The van der Waals surface area contributed by atoms with Crippen LogP contribution >= 0.6 is 11.3 Å². The minimum absolute atomic E-state index is 0.100. The number of nitrogens with zero attached hydrogens (tertiary/aromatic N) is 2. The maximum Gasteiger partial charge on any atom is 0.443 e. The molecule has 2 aromatic rings. The van der Waals surface area contributed by atoms with Gasteiger partial charge in [0.25, 0.3) is 0 Å². The maximum atomic E-state index is 12.8. The van der Waals surface area contributed by atoms with E-state index >= 15 is 0 Å². The molecule has 134 valence electrons. The van der Waals surface area contributed by atoms with Gasteiger partial charge in [-0.25, -0.2) is 4.98 Å². The Labute approximate surface area is 147 Å². The molecule has 25 heavy (non-hydrogen) atoms. The van der Waals surface area contributed by atoms with Gasteiger partial charge in [-0.15, -0.1) is 11.3 Å². The molecule has 4 nitrogen and oxygen atoms in total. The third-order valence-electron chi connectivity index (χ3n) is 3.92. The highest BCUT2D eigenvalue weighted by Crippen LogP contribution is 2.36. The summed E-state index contributed by atoms with van der Waals surface area (Å²) >= 11 is 0.631. The van der Waals surface area contributed by atoms with Crippen LogP contribution in [0.15, 0.2) is 24.3 Å². The van der Waals surface area contributed by atoms with Gasteiger partial charge in [0.15, 0.2) is 5.01 Å². The van der Waals surface area contributed by atoms with Crippen LogP contribution in [0.3, 0.4) is 0 Å². The molecule has 2 heterocycles. The number of benzene rings is 1. The van der Waals surface area contributed by atoms with Crippen molar-refractivity contribution in [1.82, 2.24) is 9.88 Å². The highest BCUT2D eigenvalue weighted by atomic mass is 32.1. The quantitative estimate of drug-likeness (QED) is 0.824. The van der Waals surface area contributed by atoms with Crippen LogP contribution in [0.5, 0.6) is 5.75 Å². The van der Waals surface area contributed by atoms with Gasteiger partial charge in [-0.3, -0.25) is 4.79 Å². The Hall–Kier alpha value is -2.09. The van der Waals surface area contributed by atoms with Gasteiger partial charge in [0.2, 0.25) is 5.91 Å². The first-order chi connectivity index (χ1) is 11.9. The number of amides is 1. The number of carbonyl (C=O) groups excluding carboxylic acids is 1. The van der Waals surface area contributed by atoms with Gasteiger partial charge < -0.3 is 9.64 Å². The number of ether oxygens (including phenoxy) is 1. The predicted molar refractivity (Wildman–Crippen MR) is 87.6 cm³/mol. The first-order valence-electron chi connectivity index (χ1n) is 7.92. The average molecular weight is 370 g/mol. The van der Waals surface area contributed by atoms with Crippen molar-refractivity contribution in [3.8, 4) is 5.75 Å². The van der Waals surface area contributed by atoms with E-state index in [0.717, 1.165) is 11.3 Å². The van der Waals surface area contributed by atoms with Crippen LogP contribution < -0.4 is 4.74 Å².